The molecule has 1 amide bonds. The number of rotatable bonds is 5. The number of amides is 1. The molecule has 0 radical (unpaired) electrons. The number of nitrogens with one attached hydrogen (secondary N) is 1. The van der Waals surface area contributed by atoms with Crippen molar-refractivity contribution in [3.8, 4) is 5.69 Å². The van der Waals surface area contributed by atoms with Crippen molar-refractivity contribution in [3.05, 3.63) is 58.7 Å². The molecule has 26 heavy (non-hydrogen) atoms. The molecule has 0 unspecified atom stereocenters. The molecule has 0 atom stereocenters. The number of aromatic nitrogens is 4. The van der Waals surface area contributed by atoms with Crippen LogP contribution in [0.2, 0.25) is 0 Å². The summed E-state index contributed by atoms with van der Waals surface area (Å²) in [7, 11) is 0. The molecule has 0 aliphatic carbocycles. The molecule has 0 saturated heterocycles. The standard InChI is InChI=1S/C19H21N5OS/c1-12-7-5-8-13(2)17(12)20-16(25)11-26-19-21-22-23-24(19)18-14(3)9-6-10-15(18)4/h5-10H,11H2,1-4H3,(H,20,25). The Balaban J connectivity index is 1.74. The van der Waals surface area contributed by atoms with Crippen LogP contribution in [0.4, 0.5) is 5.69 Å². The van der Waals surface area contributed by atoms with Crippen molar-refractivity contribution in [2.75, 3.05) is 11.1 Å². The highest BCUT2D eigenvalue weighted by Gasteiger charge is 2.15. The Morgan fingerprint density at radius 3 is 2.19 bits per heavy atom. The minimum Gasteiger partial charge on any atom is -0.325 e. The molecular weight excluding hydrogens is 346 g/mol. The highest BCUT2D eigenvalue weighted by molar-refractivity contribution is 7.99. The number of anilines is 1. The molecule has 1 N–H and O–H groups in total. The highest BCUT2D eigenvalue weighted by atomic mass is 32.2. The first-order valence-corrected chi connectivity index (χ1v) is 9.29. The van der Waals surface area contributed by atoms with Crippen molar-refractivity contribution in [1.82, 2.24) is 20.2 Å². The van der Waals surface area contributed by atoms with E-state index in [9.17, 15) is 4.79 Å². The molecule has 3 aromatic rings. The molecule has 0 spiro atoms. The molecule has 0 fully saturated rings. The second kappa shape index (κ2) is 7.70. The summed E-state index contributed by atoms with van der Waals surface area (Å²) < 4.78 is 1.70. The van der Waals surface area contributed by atoms with Gasteiger partial charge in [-0.1, -0.05) is 48.2 Å². The van der Waals surface area contributed by atoms with E-state index in [2.05, 4.69) is 20.8 Å². The summed E-state index contributed by atoms with van der Waals surface area (Å²) in [5.41, 5.74) is 6.08. The second-order valence-corrected chi connectivity index (χ2v) is 7.16. The molecule has 7 heteroatoms. The fourth-order valence-corrected chi connectivity index (χ4v) is 3.54. The van der Waals surface area contributed by atoms with Crippen LogP contribution >= 0.6 is 11.8 Å². The van der Waals surface area contributed by atoms with Gasteiger partial charge >= 0.3 is 0 Å². The van der Waals surface area contributed by atoms with Crippen LogP contribution in [-0.2, 0) is 4.79 Å². The van der Waals surface area contributed by atoms with Crippen LogP contribution in [0.1, 0.15) is 22.3 Å². The molecule has 134 valence electrons. The minimum atomic E-state index is -0.0801. The van der Waals surface area contributed by atoms with Crippen molar-refractivity contribution >= 4 is 23.4 Å². The lowest BCUT2D eigenvalue weighted by atomic mass is 10.1. The first kappa shape index (κ1) is 18.1. The Morgan fingerprint density at radius 2 is 1.58 bits per heavy atom. The summed E-state index contributed by atoms with van der Waals surface area (Å²) in [4.78, 5) is 12.4. The third-order valence-corrected chi connectivity index (χ3v) is 5.09. The summed E-state index contributed by atoms with van der Waals surface area (Å²) in [6.45, 7) is 8.01. The van der Waals surface area contributed by atoms with E-state index in [0.717, 1.165) is 33.6 Å². The van der Waals surface area contributed by atoms with E-state index in [1.165, 1.54) is 11.8 Å². The monoisotopic (exact) mass is 367 g/mol. The smallest absolute Gasteiger partial charge is 0.234 e. The number of benzene rings is 2. The van der Waals surface area contributed by atoms with Gasteiger partial charge in [-0.05, 0) is 60.4 Å². The maximum absolute atomic E-state index is 12.4. The van der Waals surface area contributed by atoms with Gasteiger partial charge < -0.3 is 5.32 Å². The van der Waals surface area contributed by atoms with Crippen molar-refractivity contribution in [2.45, 2.75) is 32.9 Å². The van der Waals surface area contributed by atoms with Gasteiger partial charge in [0.05, 0.1) is 11.4 Å². The van der Waals surface area contributed by atoms with Crippen LogP contribution in [0, 0.1) is 27.7 Å². The van der Waals surface area contributed by atoms with Gasteiger partial charge in [-0.15, -0.1) is 5.10 Å². The van der Waals surface area contributed by atoms with Gasteiger partial charge in [0.25, 0.3) is 0 Å². The molecule has 0 bridgehead atoms. The predicted octanol–water partition coefficient (Wildman–Crippen LogP) is 3.63. The van der Waals surface area contributed by atoms with E-state index in [1.54, 1.807) is 4.68 Å². The van der Waals surface area contributed by atoms with Crippen molar-refractivity contribution < 1.29 is 4.79 Å². The van der Waals surface area contributed by atoms with E-state index in [1.807, 2.05) is 64.1 Å². The Kier molecular flexibility index (Phi) is 5.37. The van der Waals surface area contributed by atoms with Gasteiger partial charge in [-0.25, -0.2) is 0 Å². The number of carbonyl (C=O) groups excluding carboxylic acids is 1. The average Bonchev–Trinajstić information content (AvgIpc) is 3.04. The van der Waals surface area contributed by atoms with E-state index in [4.69, 9.17) is 0 Å². The quantitative estimate of drug-likeness (QED) is 0.697. The normalized spacial score (nSPS) is 10.8. The zero-order chi connectivity index (χ0) is 18.7. The number of aryl methyl sites for hydroxylation is 4. The summed E-state index contributed by atoms with van der Waals surface area (Å²) in [6.07, 6.45) is 0. The lowest BCUT2D eigenvalue weighted by Crippen LogP contribution is -2.16. The van der Waals surface area contributed by atoms with E-state index in [-0.39, 0.29) is 11.7 Å². The second-order valence-electron chi connectivity index (χ2n) is 6.22. The third kappa shape index (κ3) is 3.77. The highest BCUT2D eigenvalue weighted by Crippen LogP contribution is 2.24. The zero-order valence-electron chi connectivity index (χ0n) is 15.3. The van der Waals surface area contributed by atoms with Crippen molar-refractivity contribution in [2.24, 2.45) is 0 Å². The molecule has 1 heterocycles. The van der Waals surface area contributed by atoms with Crippen LogP contribution in [0.3, 0.4) is 0 Å². The summed E-state index contributed by atoms with van der Waals surface area (Å²) in [5, 5.41) is 15.5. The summed E-state index contributed by atoms with van der Waals surface area (Å²) >= 11 is 1.32. The Hall–Kier alpha value is -2.67. The lowest BCUT2D eigenvalue weighted by molar-refractivity contribution is -0.113. The fourth-order valence-electron chi connectivity index (χ4n) is 2.87. The molecule has 3 rings (SSSR count). The topological polar surface area (TPSA) is 72.7 Å². The van der Waals surface area contributed by atoms with Crippen LogP contribution in [0.5, 0.6) is 0 Å². The van der Waals surface area contributed by atoms with Gasteiger partial charge in [-0.2, -0.15) is 4.68 Å². The molecule has 1 aromatic heterocycles. The van der Waals surface area contributed by atoms with Gasteiger partial charge in [0.1, 0.15) is 0 Å². The fraction of sp³-hybridized carbons (Fsp3) is 0.263. The van der Waals surface area contributed by atoms with E-state index in [0.29, 0.717) is 5.16 Å². The van der Waals surface area contributed by atoms with Crippen molar-refractivity contribution in [3.63, 3.8) is 0 Å². The Morgan fingerprint density at radius 1 is 1.00 bits per heavy atom. The number of carbonyl (C=O) groups is 1. The summed E-state index contributed by atoms with van der Waals surface area (Å²) in [5.74, 6) is 0.155. The molecule has 0 aliphatic rings. The number of nitrogens with zero attached hydrogens (tertiary/aromatic N) is 4. The number of hydrogen-bond donors (Lipinski definition) is 1. The number of tetrazole rings is 1. The third-order valence-electron chi connectivity index (χ3n) is 4.17. The minimum absolute atomic E-state index is 0.0801. The first-order valence-electron chi connectivity index (χ1n) is 8.31. The van der Waals surface area contributed by atoms with Gasteiger partial charge in [0.15, 0.2) is 0 Å². The Labute approximate surface area is 157 Å². The molecule has 6 nitrogen and oxygen atoms in total. The number of thioether (sulfide) groups is 1. The summed E-state index contributed by atoms with van der Waals surface area (Å²) in [6, 6.07) is 12.0. The largest absolute Gasteiger partial charge is 0.325 e. The number of para-hydroxylation sites is 2. The van der Waals surface area contributed by atoms with Crippen LogP contribution in [-0.4, -0.2) is 31.9 Å². The van der Waals surface area contributed by atoms with E-state index < -0.39 is 0 Å². The van der Waals surface area contributed by atoms with E-state index >= 15 is 0 Å². The maximum Gasteiger partial charge on any atom is 0.234 e. The van der Waals surface area contributed by atoms with Gasteiger partial charge in [0, 0.05) is 5.69 Å². The molecular formula is C19H21N5OS. The number of hydrogen-bond acceptors (Lipinski definition) is 5. The molecule has 0 aliphatic heterocycles. The van der Waals surface area contributed by atoms with Gasteiger partial charge in [-0.3, -0.25) is 4.79 Å². The molecule has 2 aromatic carbocycles. The maximum atomic E-state index is 12.4. The Bertz CT molecular complexity index is 910. The lowest BCUT2D eigenvalue weighted by Gasteiger charge is -2.12. The average molecular weight is 367 g/mol. The van der Waals surface area contributed by atoms with Crippen LogP contribution < -0.4 is 5.32 Å². The first-order chi connectivity index (χ1) is 12.5. The van der Waals surface area contributed by atoms with Crippen LogP contribution in [0.15, 0.2) is 41.6 Å². The zero-order valence-corrected chi connectivity index (χ0v) is 16.1. The van der Waals surface area contributed by atoms with Crippen LogP contribution in [0.25, 0.3) is 5.69 Å². The van der Waals surface area contributed by atoms with Crippen molar-refractivity contribution in [1.29, 1.82) is 0 Å². The van der Waals surface area contributed by atoms with Gasteiger partial charge in [0.2, 0.25) is 11.1 Å². The SMILES string of the molecule is Cc1cccc(C)c1NC(=O)CSc1nnnn1-c1c(C)cccc1C. The predicted molar refractivity (Wildman–Crippen MR) is 104 cm³/mol. The molecule has 0 saturated carbocycles.